The van der Waals surface area contributed by atoms with Gasteiger partial charge >= 0.3 is 5.97 Å². The predicted octanol–water partition coefficient (Wildman–Crippen LogP) is 3.03. The van der Waals surface area contributed by atoms with Crippen LogP contribution in [0, 0.1) is 0 Å². The third kappa shape index (κ3) is 2.50. The molecule has 2 nitrogen and oxygen atoms in total. The molecule has 64 valence electrons. The molecule has 0 aliphatic carbocycles. The van der Waals surface area contributed by atoms with Crippen molar-refractivity contribution >= 4 is 33.5 Å². The van der Waals surface area contributed by atoms with E-state index in [-0.39, 0.29) is 5.97 Å². The maximum Gasteiger partial charge on any atom is 0.308 e. The van der Waals surface area contributed by atoms with Gasteiger partial charge in [-0.3, -0.25) is 4.79 Å². The van der Waals surface area contributed by atoms with Crippen molar-refractivity contribution in [1.82, 2.24) is 0 Å². The summed E-state index contributed by atoms with van der Waals surface area (Å²) >= 11 is 8.90. The molecule has 0 heterocycles. The zero-order valence-corrected chi connectivity index (χ0v) is 8.65. The molecule has 0 N–H and O–H groups in total. The van der Waals surface area contributed by atoms with Gasteiger partial charge in [0.15, 0.2) is 0 Å². The van der Waals surface area contributed by atoms with Crippen LogP contribution in [0.4, 0.5) is 0 Å². The minimum atomic E-state index is -0.349. The second kappa shape index (κ2) is 3.92. The van der Waals surface area contributed by atoms with Crippen LogP contribution in [0.3, 0.4) is 0 Å². The van der Waals surface area contributed by atoms with Crippen molar-refractivity contribution in [1.29, 1.82) is 0 Å². The van der Waals surface area contributed by atoms with Crippen molar-refractivity contribution in [3.8, 4) is 5.75 Å². The number of esters is 1. The van der Waals surface area contributed by atoms with Crippen LogP contribution in [-0.2, 0) is 4.79 Å². The Bertz CT molecular complexity index is 312. The lowest BCUT2D eigenvalue weighted by Crippen LogP contribution is -2.01. The van der Waals surface area contributed by atoms with Gasteiger partial charge in [0.25, 0.3) is 0 Å². The van der Waals surface area contributed by atoms with Crippen LogP contribution >= 0.6 is 27.5 Å². The Morgan fingerprint density at radius 3 is 2.75 bits per heavy atom. The van der Waals surface area contributed by atoms with Crippen LogP contribution in [0.15, 0.2) is 22.7 Å². The SMILES string of the molecule is CC(=O)Oc1ccc(Cl)cc1Br. The first-order chi connectivity index (χ1) is 5.59. The van der Waals surface area contributed by atoms with Gasteiger partial charge in [-0.1, -0.05) is 11.6 Å². The molecule has 0 aliphatic rings. The van der Waals surface area contributed by atoms with Gasteiger partial charge in [0.1, 0.15) is 5.75 Å². The molecule has 0 bridgehead atoms. The van der Waals surface area contributed by atoms with E-state index in [1.54, 1.807) is 18.2 Å². The fraction of sp³-hybridized carbons (Fsp3) is 0.125. The molecule has 12 heavy (non-hydrogen) atoms. The maximum absolute atomic E-state index is 10.6. The molecule has 0 saturated carbocycles. The molecule has 0 fully saturated rings. The van der Waals surface area contributed by atoms with Crippen molar-refractivity contribution in [2.24, 2.45) is 0 Å². The van der Waals surface area contributed by atoms with Gasteiger partial charge in [-0.25, -0.2) is 0 Å². The lowest BCUT2D eigenvalue weighted by Gasteiger charge is -2.02. The summed E-state index contributed by atoms with van der Waals surface area (Å²) in [5.74, 6) is 0.130. The van der Waals surface area contributed by atoms with Crippen LogP contribution in [0.1, 0.15) is 6.92 Å². The Morgan fingerprint density at radius 1 is 1.58 bits per heavy atom. The van der Waals surface area contributed by atoms with Crippen molar-refractivity contribution in [2.45, 2.75) is 6.92 Å². The number of carbonyl (C=O) groups excluding carboxylic acids is 1. The lowest BCUT2D eigenvalue weighted by molar-refractivity contribution is -0.131. The summed E-state index contributed by atoms with van der Waals surface area (Å²) < 4.78 is 5.53. The van der Waals surface area contributed by atoms with Gasteiger partial charge in [-0.05, 0) is 34.1 Å². The third-order valence-electron chi connectivity index (χ3n) is 1.15. The Morgan fingerprint density at radius 2 is 2.25 bits per heavy atom. The third-order valence-corrected chi connectivity index (χ3v) is 2.00. The largest absolute Gasteiger partial charge is 0.426 e. The molecule has 1 aromatic carbocycles. The second-order valence-corrected chi connectivity index (χ2v) is 3.46. The van der Waals surface area contributed by atoms with E-state index in [0.717, 1.165) is 0 Å². The first-order valence-electron chi connectivity index (χ1n) is 3.23. The maximum atomic E-state index is 10.6. The first kappa shape index (κ1) is 9.55. The summed E-state index contributed by atoms with van der Waals surface area (Å²) in [7, 11) is 0. The molecule has 0 spiro atoms. The van der Waals surface area contributed by atoms with E-state index in [4.69, 9.17) is 16.3 Å². The molecule has 0 unspecified atom stereocenters. The summed E-state index contributed by atoms with van der Waals surface area (Å²) in [5, 5.41) is 0.595. The highest BCUT2D eigenvalue weighted by atomic mass is 79.9. The van der Waals surface area contributed by atoms with Gasteiger partial charge in [0, 0.05) is 11.9 Å². The Hall–Kier alpha value is -0.540. The lowest BCUT2D eigenvalue weighted by atomic mass is 10.3. The summed E-state index contributed by atoms with van der Waals surface area (Å²) in [4.78, 5) is 10.6. The highest BCUT2D eigenvalue weighted by Crippen LogP contribution is 2.27. The van der Waals surface area contributed by atoms with Crippen LogP contribution in [0.25, 0.3) is 0 Å². The molecule has 0 radical (unpaired) electrons. The second-order valence-electron chi connectivity index (χ2n) is 2.17. The number of halogens is 2. The van der Waals surface area contributed by atoms with Crippen LogP contribution in [-0.4, -0.2) is 5.97 Å². The number of hydrogen-bond donors (Lipinski definition) is 0. The molecule has 1 aromatic rings. The predicted molar refractivity (Wildman–Crippen MR) is 50.5 cm³/mol. The fourth-order valence-corrected chi connectivity index (χ4v) is 1.48. The number of carbonyl (C=O) groups is 1. The molecular weight excluding hydrogens is 243 g/mol. The van der Waals surface area contributed by atoms with E-state index < -0.39 is 0 Å². The average molecular weight is 249 g/mol. The molecule has 0 atom stereocenters. The van der Waals surface area contributed by atoms with E-state index in [0.29, 0.717) is 15.2 Å². The Balaban J connectivity index is 2.93. The van der Waals surface area contributed by atoms with Crippen molar-refractivity contribution in [3.05, 3.63) is 27.7 Å². The molecule has 0 saturated heterocycles. The average Bonchev–Trinajstić information content (AvgIpc) is 1.94. The molecule has 0 aromatic heterocycles. The van der Waals surface area contributed by atoms with E-state index >= 15 is 0 Å². The summed E-state index contributed by atoms with van der Waals surface area (Å²) in [5.41, 5.74) is 0. The highest BCUT2D eigenvalue weighted by molar-refractivity contribution is 9.10. The normalized spacial score (nSPS) is 9.58. The topological polar surface area (TPSA) is 26.3 Å². The van der Waals surface area contributed by atoms with Crippen molar-refractivity contribution in [3.63, 3.8) is 0 Å². The van der Waals surface area contributed by atoms with Crippen molar-refractivity contribution < 1.29 is 9.53 Å². The number of hydrogen-bond acceptors (Lipinski definition) is 2. The number of benzene rings is 1. The summed E-state index contributed by atoms with van der Waals surface area (Å²) in [6.45, 7) is 1.35. The van der Waals surface area contributed by atoms with E-state index in [1.165, 1.54) is 6.92 Å². The van der Waals surface area contributed by atoms with E-state index in [1.807, 2.05) is 0 Å². The van der Waals surface area contributed by atoms with Crippen LogP contribution < -0.4 is 4.74 Å². The number of ether oxygens (including phenoxy) is 1. The zero-order valence-electron chi connectivity index (χ0n) is 6.30. The molecule has 4 heteroatoms. The monoisotopic (exact) mass is 248 g/mol. The van der Waals surface area contributed by atoms with E-state index in [9.17, 15) is 4.79 Å². The van der Waals surface area contributed by atoms with Gasteiger partial charge in [-0.2, -0.15) is 0 Å². The standard InChI is InChI=1S/C8H6BrClO2/c1-5(11)12-8-3-2-6(10)4-7(8)9/h2-4H,1H3. The minimum absolute atomic E-state index is 0.349. The molecule has 0 aliphatic heterocycles. The van der Waals surface area contributed by atoms with Crippen LogP contribution in [0.2, 0.25) is 5.02 Å². The smallest absolute Gasteiger partial charge is 0.308 e. The van der Waals surface area contributed by atoms with Crippen molar-refractivity contribution in [2.75, 3.05) is 0 Å². The highest BCUT2D eigenvalue weighted by Gasteiger charge is 2.03. The molecule has 0 amide bonds. The quantitative estimate of drug-likeness (QED) is 0.565. The van der Waals surface area contributed by atoms with E-state index in [2.05, 4.69) is 15.9 Å². The number of rotatable bonds is 1. The van der Waals surface area contributed by atoms with Gasteiger partial charge in [0.2, 0.25) is 0 Å². The Labute approximate surface area is 83.6 Å². The van der Waals surface area contributed by atoms with Crippen LogP contribution in [0.5, 0.6) is 5.75 Å². The summed E-state index contributed by atoms with van der Waals surface area (Å²) in [6.07, 6.45) is 0. The van der Waals surface area contributed by atoms with Gasteiger partial charge in [-0.15, -0.1) is 0 Å². The fourth-order valence-electron chi connectivity index (χ4n) is 0.713. The first-order valence-corrected chi connectivity index (χ1v) is 4.40. The van der Waals surface area contributed by atoms with Gasteiger partial charge < -0.3 is 4.74 Å². The Kier molecular flexibility index (Phi) is 3.12. The molecule has 1 rings (SSSR count). The van der Waals surface area contributed by atoms with Gasteiger partial charge in [0.05, 0.1) is 4.47 Å². The zero-order chi connectivity index (χ0) is 9.14. The molecular formula is C8H6BrClO2. The minimum Gasteiger partial charge on any atom is -0.426 e. The summed E-state index contributed by atoms with van der Waals surface area (Å²) in [6, 6.07) is 4.96.